The van der Waals surface area contributed by atoms with Crippen LogP contribution in [0.2, 0.25) is 0 Å². The second-order valence-corrected chi connectivity index (χ2v) is 8.24. The van der Waals surface area contributed by atoms with Gasteiger partial charge in [0.25, 0.3) is 0 Å². The molecule has 0 spiro atoms. The molecule has 0 N–H and O–H groups in total. The first-order valence-corrected chi connectivity index (χ1v) is 9.24. The molecular formula is C24H31F. The van der Waals surface area contributed by atoms with Gasteiger partial charge in [0.15, 0.2) is 0 Å². The van der Waals surface area contributed by atoms with Crippen molar-refractivity contribution in [2.45, 2.75) is 53.9 Å². The molecule has 0 nitrogen and oxygen atoms in total. The Bertz CT molecular complexity index is 723. The first-order chi connectivity index (χ1) is 11.7. The number of allylic oxidation sites excluding steroid dienone is 7. The number of hydrogen-bond acceptors (Lipinski definition) is 0. The standard InChI is InChI=1S/C24H31F/c1-7-17(2)10-8-11-19-14-15-20(19)18(3)21-12-9-13-23(25)22(21)16-24(4,5)6/h8-13,15,19H,3,7,14,16H2,1-2,4-6H3/b11-8-,17-10-. The van der Waals surface area contributed by atoms with Gasteiger partial charge in [-0.1, -0.05) is 76.3 Å². The van der Waals surface area contributed by atoms with E-state index in [1.54, 1.807) is 12.1 Å². The van der Waals surface area contributed by atoms with Crippen molar-refractivity contribution in [3.8, 4) is 0 Å². The number of rotatable bonds is 6. The zero-order valence-corrected chi connectivity index (χ0v) is 16.3. The van der Waals surface area contributed by atoms with Gasteiger partial charge in [-0.05, 0) is 59.9 Å². The van der Waals surface area contributed by atoms with E-state index >= 15 is 0 Å². The predicted molar refractivity (Wildman–Crippen MR) is 108 cm³/mol. The van der Waals surface area contributed by atoms with Gasteiger partial charge in [0.2, 0.25) is 0 Å². The Hall–Kier alpha value is -1.89. The van der Waals surface area contributed by atoms with E-state index in [1.165, 1.54) is 11.1 Å². The van der Waals surface area contributed by atoms with E-state index in [4.69, 9.17) is 0 Å². The van der Waals surface area contributed by atoms with Gasteiger partial charge in [-0.25, -0.2) is 4.39 Å². The van der Waals surface area contributed by atoms with E-state index in [-0.39, 0.29) is 11.2 Å². The zero-order chi connectivity index (χ0) is 18.6. The molecule has 0 fully saturated rings. The summed E-state index contributed by atoms with van der Waals surface area (Å²) >= 11 is 0. The first kappa shape index (κ1) is 19.4. The highest BCUT2D eigenvalue weighted by atomic mass is 19.1. The van der Waals surface area contributed by atoms with Crippen molar-refractivity contribution >= 4 is 5.57 Å². The lowest BCUT2D eigenvalue weighted by atomic mass is 9.76. The van der Waals surface area contributed by atoms with E-state index in [0.717, 1.165) is 29.5 Å². The van der Waals surface area contributed by atoms with Crippen LogP contribution in [0.3, 0.4) is 0 Å². The highest BCUT2D eigenvalue weighted by Crippen LogP contribution is 2.40. The molecule has 1 heteroatoms. The fraction of sp³-hybridized carbons (Fsp3) is 0.417. The van der Waals surface area contributed by atoms with Gasteiger partial charge >= 0.3 is 0 Å². The van der Waals surface area contributed by atoms with Crippen LogP contribution in [-0.2, 0) is 6.42 Å². The van der Waals surface area contributed by atoms with Gasteiger partial charge in [0.1, 0.15) is 5.82 Å². The Morgan fingerprint density at radius 2 is 2.04 bits per heavy atom. The third-order valence-corrected chi connectivity index (χ3v) is 4.77. The van der Waals surface area contributed by atoms with Crippen LogP contribution < -0.4 is 0 Å². The van der Waals surface area contributed by atoms with E-state index in [9.17, 15) is 4.39 Å². The van der Waals surface area contributed by atoms with Crippen LogP contribution >= 0.6 is 0 Å². The maximum Gasteiger partial charge on any atom is 0.127 e. The summed E-state index contributed by atoms with van der Waals surface area (Å²) in [5.74, 6) is 0.265. The number of benzene rings is 1. The lowest BCUT2D eigenvalue weighted by Gasteiger charge is -2.29. The summed E-state index contributed by atoms with van der Waals surface area (Å²) in [5, 5.41) is 0. The molecule has 0 aromatic heterocycles. The van der Waals surface area contributed by atoms with Crippen molar-refractivity contribution < 1.29 is 4.39 Å². The van der Waals surface area contributed by atoms with Crippen molar-refractivity contribution in [3.05, 3.63) is 77.2 Å². The van der Waals surface area contributed by atoms with Crippen molar-refractivity contribution in [3.63, 3.8) is 0 Å². The van der Waals surface area contributed by atoms with E-state index < -0.39 is 0 Å². The molecule has 1 atom stereocenters. The Morgan fingerprint density at radius 3 is 2.60 bits per heavy atom. The third-order valence-electron chi connectivity index (χ3n) is 4.77. The maximum absolute atomic E-state index is 14.5. The molecule has 1 aromatic rings. The molecule has 1 aliphatic carbocycles. The van der Waals surface area contributed by atoms with Crippen LogP contribution in [0.25, 0.3) is 5.57 Å². The lowest BCUT2D eigenvalue weighted by Crippen LogP contribution is -2.15. The average Bonchev–Trinajstić information content (AvgIpc) is 2.50. The molecular weight excluding hydrogens is 307 g/mol. The monoisotopic (exact) mass is 338 g/mol. The molecule has 1 aromatic carbocycles. The summed E-state index contributed by atoms with van der Waals surface area (Å²) in [6.07, 6.45) is 11.6. The highest BCUT2D eigenvalue weighted by Gasteiger charge is 2.25. The Balaban J connectivity index is 2.23. The summed E-state index contributed by atoms with van der Waals surface area (Å²) in [6, 6.07) is 5.36. The summed E-state index contributed by atoms with van der Waals surface area (Å²) in [6.45, 7) is 15.0. The van der Waals surface area contributed by atoms with Gasteiger partial charge in [-0.2, -0.15) is 0 Å². The Kier molecular flexibility index (Phi) is 6.21. The zero-order valence-electron chi connectivity index (χ0n) is 16.3. The fourth-order valence-corrected chi connectivity index (χ4v) is 3.08. The van der Waals surface area contributed by atoms with Crippen LogP contribution in [0.4, 0.5) is 4.39 Å². The minimum atomic E-state index is -0.123. The van der Waals surface area contributed by atoms with E-state index in [0.29, 0.717) is 12.3 Å². The highest BCUT2D eigenvalue weighted by molar-refractivity contribution is 5.81. The lowest BCUT2D eigenvalue weighted by molar-refractivity contribution is 0.401. The summed E-state index contributed by atoms with van der Waals surface area (Å²) in [4.78, 5) is 0. The smallest absolute Gasteiger partial charge is 0.127 e. The fourth-order valence-electron chi connectivity index (χ4n) is 3.08. The van der Waals surface area contributed by atoms with Gasteiger partial charge in [-0.3, -0.25) is 0 Å². The van der Waals surface area contributed by atoms with Gasteiger partial charge in [0, 0.05) is 5.92 Å². The molecule has 1 unspecified atom stereocenters. The molecule has 0 saturated carbocycles. The SMILES string of the molecule is C=C(C1=CCC1/C=C\C=C(\C)CC)c1cccc(F)c1CC(C)(C)C. The molecule has 0 aliphatic heterocycles. The molecule has 2 rings (SSSR count). The average molecular weight is 339 g/mol. The second kappa shape index (κ2) is 7.99. The maximum atomic E-state index is 14.5. The van der Waals surface area contributed by atoms with Gasteiger partial charge < -0.3 is 0 Å². The molecule has 134 valence electrons. The van der Waals surface area contributed by atoms with Crippen molar-refractivity contribution in [2.24, 2.45) is 11.3 Å². The van der Waals surface area contributed by atoms with Crippen LogP contribution in [0.1, 0.15) is 58.6 Å². The van der Waals surface area contributed by atoms with Gasteiger partial charge in [0.05, 0.1) is 0 Å². The summed E-state index contributed by atoms with van der Waals surface area (Å²) < 4.78 is 14.5. The second-order valence-electron chi connectivity index (χ2n) is 8.24. The summed E-state index contributed by atoms with van der Waals surface area (Å²) in [7, 11) is 0. The largest absolute Gasteiger partial charge is 0.207 e. The molecule has 1 aliphatic rings. The van der Waals surface area contributed by atoms with E-state index in [1.807, 2.05) is 6.07 Å². The molecule has 0 saturated heterocycles. The van der Waals surface area contributed by atoms with Gasteiger partial charge in [-0.15, -0.1) is 0 Å². The number of hydrogen-bond donors (Lipinski definition) is 0. The van der Waals surface area contributed by atoms with Crippen LogP contribution in [0.15, 0.2) is 60.2 Å². The van der Waals surface area contributed by atoms with Crippen molar-refractivity contribution in [1.82, 2.24) is 0 Å². The minimum absolute atomic E-state index is 0.0347. The third kappa shape index (κ3) is 5.04. The molecule has 0 radical (unpaired) electrons. The van der Waals surface area contributed by atoms with Crippen LogP contribution in [0, 0.1) is 17.2 Å². The normalized spacial score (nSPS) is 18.2. The van der Waals surface area contributed by atoms with Crippen LogP contribution in [-0.4, -0.2) is 0 Å². The van der Waals surface area contributed by atoms with Crippen molar-refractivity contribution in [2.75, 3.05) is 0 Å². The van der Waals surface area contributed by atoms with Crippen molar-refractivity contribution in [1.29, 1.82) is 0 Å². The Morgan fingerprint density at radius 1 is 1.32 bits per heavy atom. The predicted octanol–water partition coefficient (Wildman–Crippen LogP) is 7.29. The molecule has 25 heavy (non-hydrogen) atoms. The number of halogens is 1. The quantitative estimate of drug-likeness (QED) is 0.478. The first-order valence-electron chi connectivity index (χ1n) is 9.24. The van der Waals surface area contributed by atoms with Crippen LogP contribution in [0.5, 0.6) is 0 Å². The molecule has 0 amide bonds. The Labute approximate surface area is 152 Å². The summed E-state index contributed by atoms with van der Waals surface area (Å²) in [5.41, 5.74) is 5.36. The minimum Gasteiger partial charge on any atom is -0.207 e. The molecule has 0 heterocycles. The molecule has 0 bridgehead atoms. The topological polar surface area (TPSA) is 0 Å². The van der Waals surface area contributed by atoms with E-state index in [2.05, 4.69) is 65.5 Å².